The number of nitrogens with zero attached hydrogens (tertiary/aromatic N) is 2. The van der Waals surface area contributed by atoms with Crippen LogP contribution in [0.5, 0.6) is 0 Å². The highest BCUT2D eigenvalue weighted by molar-refractivity contribution is 6.01. The number of hydrogen-bond donors (Lipinski definition) is 1. The summed E-state index contributed by atoms with van der Waals surface area (Å²) < 4.78 is 5.71. The molecule has 7 heteroatoms. The van der Waals surface area contributed by atoms with Crippen molar-refractivity contribution < 1.29 is 14.1 Å². The molecule has 0 aliphatic heterocycles. The van der Waals surface area contributed by atoms with Crippen molar-refractivity contribution in [2.24, 2.45) is 0 Å². The Labute approximate surface area is 173 Å². The van der Waals surface area contributed by atoms with Crippen molar-refractivity contribution in [3.8, 4) is 17.4 Å². The molecular weight excluding hydrogens is 382 g/mol. The van der Waals surface area contributed by atoms with E-state index in [1.165, 1.54) is 12.1 Å². The Bertz CT molecular complexity index is 1170. The molecule has 0 saturated heterocycles. The number of nitro benzene ring substituents is 1. The van der Waals surface area contributed by atoms with Crippen molar-refractivity contribution >= 4 is 17.7 Å². The minimum Gasteiger partial charge on any atom is -0.457 e. The van der Waals surface area contributed by atoms with Gasteiger partial charge in [-0.15, -0.1) is 0 Å². The van der Waals surface area contributed by atoms with Gasteiger partial charge in [-0.3, -0.25) is 14.9 Å². The molecule has 0 fully saturated rings. The van der Waals surface area contributed by atoms with Gasteiger partial charge >= 0.3 is 0 Å². The summed E-state index contributed by atoms with van der Waals surface area (Å²) in [5.41, 5.74) is 2.74. The molecule has 150 valence electrons. The molecule has 1 N–H and O–H groups in total. The van der Waals surface area contributed by atoms with Crippen LogP contribution in [0.15, 0.2) is 64.6 Å². The van der Waals surface area contributed by atoms with E-state index in [1.54, 1.807) is 32.0 Å². The number of nitriles is 1. The lowest BCUT2D eigenvalue weighted by Crippen LogP contribution is -2.23. The summed E-state index contributed by atoms with van der Waals surface area (Å²) in [7, 11) is 0. The average Bonchev–Trinajstić information content (AvgIpc) is 3.21. The van der Waals surface area contributed by atoms with Crippen LogP contribution in [0.1, 0.15) is 22.5 Å². The maximum Gasteiger partial charge on any atom is 0.273 e. The molecule has 0 bridgehead atoms. The van der Waals surface area contributed by atoms with E-state index in [0.29, 0.717) is 29.2 Å². The van der Waals surface area contributed by atoms with Crippen molar-refractivity contribution in [2.45, 2.75) is 20.4 Å². The average molecular weight is 401 g/mol. The van der Waals surface area contributed by atoms with Crippen LogP contribution in [0.3, 0.4) is 0 Å². The van der Waals surface area contributed by atoms with Crippen LogP contribution in [0.25, 0.3) is 17.4 Å². The summed E-state index contributed by atoms with van der Waals surface area (Å²) in [6.45, 7) is 3.79. The highest BCUT2D eigenvalue weighted by Gasteiger charge is 2.17. The summed E-state index contributed by atoms with van der Waals surface area (Å²) in [5.74, 6) is 0.202. The molecular formula is C23H19N3O4. The Hall–Kier alpha value is -4.18. The van der Waals surface area contributed by atoms with Crippen molar-refractivity contribution in [3.05, 3.63) is 92.7 Å². The number of carbonyl (C=O) groups excluding carboxylic acids is 1. The quantitative estimate of drug-likeness (QED) is 0.279. The Balaban J connectivity index is 1.81. The molecule has 0 radical (unpaired) electrons. The number of nitro groups is 1. The van der Waals surface area contributed by atoms with Crippen LogP contribution in [-0.4, -0.2) is 10.8 Å². The number of hydrogen-bond acceptors (Lipinski definition) is 5. The van der Waals surface area contributed by atoms with E-state index in [-0.39, 0.29) is 11.3 Å². The van der Waals surface area contributed by atoms with Gasteiger partial charge in [0.2, 0.25) is 0 Å². The minimum atomic E-state index is -0.513. The van der Waals surface area contributed by atoms with Gasteiger partial charge < -0.3 is 9.73 Å². The van der Waals surface area contributed by atoms with E-state index in [1.807, 2.05) is 36.4 Å². The molecule has 2 aromatic carbocycles. The molecule has 0 aliphatic rings. The molecule has 0 spiro atoms. The van der Waals surface area contributed by atoms with Crippen molar-refractivity contribution in [1.82, 2.24) is 5.32 Å². The topological polar surface area (TPSA) is 109 Å². The number of amides is 1. The largest absolute Gasteiger partial charge is 0.457 e. The standard InChI is InChI=1S/C23H19N3O4/c1-15-10-18(12-21(16(15)2)26(28)29)22-9-8-20(30-22)11-19(13-24)23(27)25-14-17-6-4-3-5-7-17/h3-12H,14H2,1-2H3,(H,25,27)/b19-11+. The van der Waals surface area contributed by atoms with Crippen molar-refractivity contribution in [1.29, 1.82) is 5.26 Å². The molecule has 0 unspecified atom stereocenters. The Morgan fingerprint density at radius 2 is 1.93 bits per heavy atom. The van der Waals surface area contributed by atoms with Gasteiger partial charge in [-0.1, -0.05) is 30.3 Å². The molecule has 0 saturated carbocycles. The number of nitrogens with one attached hydrogen (secondary N) is 1. The van der Waals surface area contributed by atoms with E-state index < -0.39 is 10.8 Å². The molecule has 3 aromatic rings. The maximum atomic E-state index is 12.3. The normalized spacial score (nSPS) is 11.0. The van der Waals surface area contributed by atoms with Gasteiger partial charge in [-0.2, -0.15) is 5.26 Å². The second-order valence-corrected chi connectivity index (χ2v) is 6.73. The molecule has 7 nitrogen and oxygen atoms in total. The van der Waals surface area contributed by atoms with Gasteiger partial charge in [0, 0.05) is 29.8 Å². The van der Waals surface area contributed by atoms with Crippen LogP contribution in [-0.2, 0) is 11.3 Å². The molecule has 1 amide bonds. The van der Waals surface area contributed by atoms with Crippen LogP contribution < -0.4 is 5.32 Å². The first-order valence-electron chi connectivity index (χ1n) is 9.19. The minimum absolute atomic E-state index is 0.0106. The van der Waals surface area contributed by atoms with Crippen LogP contribution in [0, 0.1) is 35.3 Å². The molecule has 30 heavy (non-hydrogen) atoms. The lowest BCUT2D eigenvalue weighted by Gasteiger charge is -2.05. The first kappa shape index (κ1) is 20.6. The van der Waals surface area contributed by atoms with E-state index in [9.17, 15) is 20.2 Å². The van der Waals surface area contributed by atoms with Gasteiger partial charge in [0.25, 0.3) is 11.6 Å². The zero-order chi connectivity index (χ0) is 21.7. The summed E-state index contributed by atoms with van der Waals surface area (Å²) in [6, 6.07) is 17.7. The monoisotopic (exact) mass is 401 g/mol. The SMILES string of the molecule is Cc1cc(-c2ccc(/C=C(\C#N)C(=O)NCc3ccccc3)o2)cc([N+](=O)[O-])c1C. The zero-order valence-electron chi connectivity index (χ0n) is 16.5. The third-order valence-corrected chi connectivity index (χ3v) is 4.70. The smallest absolute Gasteiger partial charge is 0.273 e. The predicted octanol–water partition coefficient (Wildman–Crippen LogP) is 4.70. The van der Waals surface area contributed by atoms with E-state index in [0.717, 1.165) is 11.1 Å². The Morgan fingerprint density at radius 1 is 1.20 bits per heavy atom. The lowest BCUT2D eigenvalue weighted by molar-refractivity contribution is -0.385. The van der Waals surface area contributed by atoms with Gasteiger partial charge in [-0.25, -0.2) is 0 Å². The van der Waals surface area contributed by atoms with Crippen LogP contribution >= 0.6 is 0 Å². The highest BCUT2D eigenvalue weighted by atomic mass is 16.6. The summed E-state index contributed by atoms with van der Waals surface area (Å²) >= 11 is 0. The first-order chi connectivity index (χ1) is 14.4. The van der Waals surface area contributed by atoms with Crippen LogP contribution in [0.2, 0.25) is 0 Å². The van der Waals surface area contributed by atoms with Gasteiger partial charge in [0.1, 0.15) is 23.2 Å². The highest BCUT2D eigenvalue weighted by Crippen LogP contribution is 2.31. The molecule has 0 atom stereocenters. The number of rotatable bonds is 6. The Kier molecular flexibility index (Phi) is 6.08. The zero-order valence-corrected chi connectivity index (χ0v) is 16.5. The van der Waals surface area contributed by atoms with Gasteiger partial charge in [0.05, 0.1) is 4.92 Å². The fourth-order valence-corrected chi connectivity index (χ4v) is 2.92. The van der Waals surface area contributed by atoms with Crippen LogP contribution in [0.4, 0.5) is 5.69 Å². The molecule has 1 aromatic heterocycles. The fraction of sp³-hybridized carbons (Fsp3) is 0.130. The third-order valence-electron chi connectivity index (χ3n) is 4.70. The molecule has 1 heterocycles. The fourth-order valence-electron chi connectivity index (χ4n) is 2.92. The third kappa shape index (κ3) is 4.62. The maximum absolute atomic E-state index is 12.3. The second-order valence-electron chi connectivity index (χ2n) is 6.73. The lowest BCUT2D eigenvalue weighted by atomic mass is 10.0. The first-order valence-corrected chi connectivity index (χ1v) is 9.19. The number of aryl methyl sites for hydroxylation is 1. The predicted molar refractivity (Wildman–Crippen MR) is 112 cm³/mol. The molecule has 0 aliphatic carbocycles. The summed E-state index contributed by atoms with van der Waals surface area (Å²) in [6.07, 6.45) is 1.35. The summed E-state index contributed by atoms with van der Waals surface area (Å²) in [5, 5.41) is 23.3. The van der Waals surface area contributed by atoms with E-state index >= 15 is 0 Å². The summed E-state index contributed by atoms with van der Waals surface area (Å²) in [4.78, 5) is 23.2. The van der Waals surface area contributed by atoms with E-state index in [2.05, 4.69) is 5.32 Å². The second kappa shape index (κ2) is 8.88. The van der Waals surface area contributed by atoms with Gasteiger partial charge in [0.15, 0.2) is 0 Å². The number of furan rings is 1. The number of carbonyl (C=O) groups is 1. The number of benzene rings is 2. The molecule has 3 rings (SSSR count). The van der Waals surface area contributed by atoms with Crippen molar-refractivity contribution in [3.63, 3.8) is 0 Å². The van der Waals surface area contributed by atoms with E-state index in [4.69, 9.17) is 4.42 Å². The van der Waals surface area contributed by atoms with Gasteiger partial charge in [-0.05, 0) is 43.2 Å². The van der Waals surface area contributed by atoms with Crippen molar-refractivity contribution in [2.75, 3.05) is 0 Å². The Morgan fingerprint density at radius 3 is 2.60 bits per heavy atom.